The minimum atomic E-state index is -0.343. The quantitative estimate of drug-likeness (QED) is 0.641. The van der Waals surface area contributed by atoms with Crippen LogP contribution in [0.15, 0.2) is 24.3 Å². The Morgan fingerprint density at radius 1 is 1.57 bits per heavy atom. The number of nitro benzene ring substituents is 1. The number of non-ortho nitro benzene ring substituents is 1. The molecule has 0 saturated carbocycles. The molecule has 1 N–H and O–H groups in total. The van der Waals surface area contributed by atoms with E-state index in [9.17, 15) is 10.1 Å². The van der Waals surface area contributed by atoms with Gasteiger partial charge in [0.25, 0.3) is 5.69 Å². The van der Waals surface area contributed by atoms with Crippen LogP contribution < -0.4 is 5.32 Å². The van der Waals surface area contributed by atoms with Crippen molar-refractivity contribution >= 4 is 5.69 Å². The second-order valence-electron chi connectivity index (χ2n) is 5.41. The largest absolute Gasteiger partial charge is 0.374 e. The maximum absolute atomic E-state index is 10.9. The average molecular weight is 293 g/mol. The highest BCUT2D eigenvalue weighted by Crippen LogP contribution is 2.26. The molecule has 1 aliphatic heterocycles. The van der Waals surface area contributed by atoms with Gasteiger partial charge in [0.05, 0.1) is 17.6 Å². The van der Waals surface area contributed by atoms with Gasteiger partial charge >= 0.3 is 0 Å². The van der Waals surface area contributed by atoms with Gasteiger partial charge in [-0.05, 0) is 19.0 Å². The Morgan fingerprint density at radius 3 is 3.00 bits per heavy atom. The Bertz CT molecular complexity index is 475. The van der Waals surface area contributed by atoms with Crippen molar-refractivity contribution in [2.75, 3.05) is 33.3 Å². The lowest BCUT2D eigenvalue weighted by molar-refractivity contribution is -0.385. The summed E-state index contributed by atoms with van der Waals surface area (Å²) in [4.78, 5) is 12.8. The highest BCUT2D eigenvalue weighted by atomic mass is 16.6. The summed E-state index contributed by atoms with van der Waals surface area (Å²) in [7, 11) is 2.05. The van der Waals surface area contributed by atoms with E-state index in [4.69, 9.17) is 4.74 Å². The molecule has 21 heavy (non-hydrogen) atoms. The van der Waals surface area contributed by atoms with E-state index in [1.54, 1.807) is 12.1 Å². The summed E-state index contributed by atoms with van der Waals surface area (Å²) >= 11 is 0. The summed E-state index contributed by atoms with van der Waals surface area (Å²) in [5, 5.41) is 14.2. The van der Waals surface area contributed by atoms with Gasteiger partial charge in [0.2, 0.25) is 0 Å². The molecule has 0 aromatic heterocycles. The first-order valence-corrected chi connectivity index (χ1v) is 7.38. The van der Waals surface area contributed by atoms with Gasteiger partial charge in [-0.3, -0.25) is 15.0 Å². The molecule has 0 amide bonds. The molecule has 1 aliphatic rings. The summed E-state index contributed by atoms with van der Waals surface area (Å²) in [6.45, 7) is 5.41. The van der Waals surface area contributed by atoms with E-state index in [0.29, 0.717) is 0 Å². The SMILES string of the molecule is CCC(c1cccc([N+](=O)[O-])c1)N(C)CC1CNCCO1. The van der Waals surface area contributed by atoms with Crippen molar-refractivity contribution in [3.63, 3.8) is 0 Å². The van der Waals surface area contributed by atoms with Gasteiger partial charge in [0.1, 0.15) is 0 Å². The first-order chi connectivity index (χ1) is 10.1. The van der Waals surface area contributed by atoms with E-state index in [1.807, 2.05) is 13.1 Å². The zero-order valence-corrected chi connectivity index (χ0v) is 12.6. The van der Waals surface area contributed by atoms with E-state index in [-0.39, 0.29) is 22.8 Å². The van der Waals surface area contributed by atoms with E-state index in [2.05, 4.69) is 17.1 Å². The van der Waals surface area contributed by atoms with Crippen molar-refractivity contribution in [1.82, 2.24) is 10.2 Å². The predicted octanol–water partition coefficient (Wildman–Crippen LogP) is 1.97. The molecule has 0 radical (unpaired) electrons. The molecule has 2 unspecified atom stereocenters. The molecule has 1 saturated heterocycles. The maximum Gasteiger partial charge on any atom is 0.269 e. The van der Waals surface area contributed by atoms with Crippen molar-refractivity contribution in [2.45, 2.75) is 25.5 Å². The highest BCUT2D eigenvalue weighted by molar-refractivity contribution is 5.35. The molecule has 0 bridgehead atoms. The van der Waals surface area contributed by atoms with E-state index in [1.165, 1.54) is 6.07 Å². The van der Waals surface area contributed by atoms with E-state index >= 15 is 0 Å². The third kappa shape index (κ3) is 4.23. The number of ether oxygens (including phenoxy) is 1. The number of rotatable bonds is 6. The van der Waals surface area contributed by atoms with Gasteiger partial charge in [-0.25, -0.2) is 0 Å². The number of hydrogen-bond acceptors (Lipinski definition) is 5. The molecule has 6 heteroatoms. The molecular formula is C15H23N3O3. The monoisotopic (exact) mass is 293 g/mol. The molecule has 2 atom stereocenters. The minimum absolute atomic E-state index is 0.148. The van der Waals surface area contributed by atoms with Crippen LogP contribution >= 0.6 is 0 Å². The molecular weight excluding hydrogens is 270 g/mol. The summed E-state index contributed by atoms with van der Waals surface area (Å²) in [5.41, 5.74) is 1.13. The van der Waals surface area contributed by atoms with Crippen LogP contribution in [-0.2, 0) is 4.74 Å². The van der Waals surface area contributed by atoms with Crippen LogP contribution in [0, 0.1) is 10.1 Å². The molecule has 1 fully saturated rings. The van der Waals surface area contributed by atoms with Crippen LogP contribution in [0.4, 0.5) is 5.69 Å². The fourth-order valence-corrected chi connectivity index (χ4v) is 2.83. The molecule has 2 rings (SSSR count). The van der Waals surface area contributed by atoms with Crippen molar-refractivity contribution in [1.29, 1.82) is 0 Å². The van der Waals surface area contributed by atoms with Gasteiger partial charge in [-0.2, -0.15) is 0 Å². The zero-order valence-electron chi connectivity index (χ0n) is 12.6. The summed E-state index contributed by atoms with van der Waals surface area (Å²) in [6, 6.07) is 7.07. The number of hydrogen-bond donors (Lipinski definition) is 1. The second kappa shape index (κ2) is 7.49. The van der Waals surface area contributed by atoms with Crippen LogP contribution in [-0.4, -0.2) is 49.2 Å². The van der Waals surface area contributed by atoms with E-state index < -0.39 is 0 Å². The average Bonchev–Trinajstić information content (AvgIpc) is 2.49. The zero-order chi connectivity index (χ0) is 15.2. The number of benzene rings is 1. The first-order valence-electron chi connectivity index (χ1n) is 7.38. The summed E-state index contributed by atoms with van der Waals surface area (Å²) < 4.78 is 5.73. The fourth-order valence-electron chi connectivity index (χ4n) is 2.83. The van der Waals surface area contributed by atoms with Crippen molar-refractivity contribution in [3.8, 4) is 0 Å². The van der Waals surface area contributed by atoms with Crippen LogP contribution in [0.5, 0.6) is 0 Å². The molecule has 1 heterocycles. The van der Waals surface area contributed by atoms with Crippen molar-refractivity contribution < 1.29 is 9.66 Å². The number of morpholine rings is 1. The topological polar surface area (TPSA) is 67.6 Å². The van der Waals surface area contributed by atoms with Gasteiger partial charge in [0, 0.05) is 37.8 Å². The lowest BCUT2D eigenvalue weighted by Gasteiger charge is -2.32. The lowest BCUT2D eigenvalue weighted by atomic mass is 10.0. The van der Waals surface area contributed by atoms with Crippen LogP contribution in [0.2, 0.25) is 0 Å². The Balaban J connectivity index is 2.06. The predicted molar refractivity (Wildman–Crippen MR) is 81.4 cm³/mol. The Hall–Kier alpha value is -1.50. The maximum atomic E-state index is 10.9. The molecule has 1 aromatic carbocycles. The number of nitrogens with zero attached hydrogens (tertiary/aromatic N) is 2. The number of likely N-dealkylation sites (N-methyl/N-ethyl adjacent to an activating group) is 1. The third-order valence-corrected chi connectivity index (χ3v) is 3.88. The summed E-state index contributed by atoms with van der Waals surface area (Å²) in [5.74, 6) is 0. The van der Waals surface area contributed by atoms with Crippen LogP contribution in [0.1, 0.15) is 24.9 Å². The van der Waals surface area contributed by atoms with Crippen LogP contribution in [0.3, 0.4) is 0 Å². The van der Waals surface area contributed by atoms with Crippen molar-refractivity contribution in [3.05, 3.63) is 39.9 Å². The smallest absolute Gasteiger partial charge is 0.269 e. The van der Waals surface area contributed by atoms with Gasteiger partial charge in [0.15, 0.2) is 0 Å². The molecule has 116 valence electrons. The molecule has 0 spiro atoms. The van der Waals surface area contributed by atoms with Gasteiger partial charge in [-0.1, -0.05) is 19.1 Å². The molecule has 6 nitrogen and oxygen atoms in total. The van der Waals surface area contributed by atoms with Gasteiger partial charge in [-0.15, -0.1) is 0 Å². The molecule has 0 aliphatic carbocycles. The van der Waals surface area contributed by atoms with Crippen LogP contribution in [0.25, 0.3) is 0 Å². The van der Waals surface area contributed by atoms with Crippen molar-refractivity contribution in [2.24, 2.45) is 0 Å². The molecule has 1 aromatic rings. The Kier molecular flexibility index (Phi) is 5.67. The minimum Gasteiger partial charge on any atom is -0.374 e. The van der Waals surface area contributed by atoms with Gasteiger partial charge < -0.3 is 10.1 Å². The third-order valence-electron chi connectivity index (χ3n) is 3.88. The normalized spacial score (nSPS) is 20.4. The Labute approximate surface area is 125 Å². The second-order valence-corrected chi connectivity index (χ2v) is 5.41. The van der Waals surface area contributed by atoms with E-state index in [0.717, 1.165) is 38.2 Å². The highest BCUT2D eigenvalue weighted by Gasteiger charge is 2.22. The Morgan fingerprint density at radius 2 is 2.38 bits per heavy atom. The summed E-state index contributed by atoms with van der Waals surface area (Å²) in [6.07, 6.45) is 1.08. The fraction of sp³-hybridized carbons (Fsp3) is 0.600. The lowest BCUT2D eigenvalue weighted by Crippen LogP contribution is -2.45. The first kappa shape index (κ1) is 15.9. The number of nitro groups is 1. The number of nitrogens with one attached hydrogen (secondary N) is 1. The standard InChI is InChI=1S/C15H23N3O3/c1-3-15(12-5-4-6-13(9-12)18(19)20)17(2)11-14-10-16-7-8-21-14/h4-6,9,14-16H,3,7-8,10-11H2,1-2H3.